The molecule has 1 fully saturated rings. The van der Waals surface area contributed by atoms with Crippen molar-refractivity contribution in [3.05, 3.63) is 59.8 Å². The number of rotatable bonds is 10. The third kappa shape index (κ3) is 6.97. The molecular weight excluding hydrogens is 508 g/mol. The van der Waals surface area contributed by atoms with Gasteiger partial charge in [0.1, 0.15) is 6.23 Å². The van der Waals surface area contributed by atoms with Crippen molar-refractivity contribution < 1.29 is 14.6 Å². The molecule has 4 heterocycles. The Bertz CT molecular complexity index is 1300. The van der Waals surface area contributed by atoms with Gasteiger partial charge in [0.15, 0.2) is 5.65 Å². The third-order valence-electron chi connectivity index (χ3n) is 7.51. The second kappa shape index (κ2) is 13.2. The summed E-state index contributed by atoms with van der Waals surface area (Å²) in [6, 6.07) is 11.6. The highest BCUT2D eigenvalue weighted by atomic mass is 16.6. The molecule has 3 N–H and O–H groups in total. The number of nitrogens with zero attached hydrogens (tertiary/aromatic N) is 6. The van der Waals surface area contributed by atoms with E-state index in [0.717, 1.165) is 80.1 Å². The van der Waals surface area contributed by atoms with E-state index in [4.69, 9.17) is 9.72 Å². The lowest BCUT2D eigenvalue weighted by Crippen LogP contribution is -2.45. The molecule has 11 nitrogen and oxygen atoms in total. The molecule has 11 heteroatoms. The number of hydrogen-bond acceptors (Lipinski definition) is 9. The van der Waals surface area contributed by atoms with Crippen molar-refractivity contribution in [2.75, 3.05) is 71.3 Å². The fourth-order valence-electron chi connectivity index (χ4n) is 5.11. The van der Waals surface area contributed by atoms with Gasteiger partial charge in [-0.05, 0) is 75.3 Å². The Labute approximate surface area is 235 Å². The molecule has 214 valence electrons. The van der Waals surface area contributed by atoms with Crippen LogP contribution in [0.5, 0.6) is 0 Å². The molecule has 5 rings (SSSR count). The van der Waals surface area contributed by atoms with Gasteiger partial charge in [0.25, 0.3) is 0 Å². The molecule has 40 heavy (non-hydrogen) atoms. The van der Waals surface area contributed by atoms with Gasteiger partial charge in [0, 0.05) is 56.7 Å². The second-order valence-electron chi connectivity index (χ2n) is 10.4. The van der Waals surface area contributed by atoms with Crippen LogP contribution >= 0.6 is 0 Å². The van der Waals surface area contributed by atoms with Crippen molar-refractivity contribution in [1.82, 2.24) is 34.6 Å². The van der Waals surface area contributed by atoms with E-state index in [2.05, 4.69) is 38.7 Å². The highest BCUT2D eigenvalue weighted by Gasteiger charge is 2.21. The normalized spacial score (nSPS) is 17.6. The molecule has 2 aromatic heterocycles. The Morgan fingerprint density at radius 2 is 1.93 bits per heavy atom. The van der Waals surface area contributed by atoms with Crippen LogP contribution in [0.15, 0.2) is 48.7 Å². The Morgan fingerprint density at radius 3 is 2.65 bits per heavy atom. The summed E-state index contributed by atoms with van der Waals surface area (Å²) in [7, 11) is 2.17. The van der Waals surface area contributed by atoms with Crippen LogP contribution in [0.3, 0.4) is 0 Å². The molecule has 0 aliphatic carbocycles. The van der Waals surface area contributed by atoms with E-state index in [1.807, 2.05) is 49.5 Å². The summed E-state index contributed by atoms with van der Waals surface area (Å²) in [6.45, 7) is 9.59. The highest BCUT2D eigenvalue weighted by molar-refractivity contribution is 5.79. The number of carbonyl (C=O) groups is 1. The number of carbonyl (C=O) groups excluding carboxylic acids is 1. The fourth-order valence-corrected chi connectivity index (χ4v) is 5.11. The number of benzene rings is 1. The van der Waals surface area contributed by atoms with Crippen LogP contribution in [-0.4, -0.2) is 107 Å². The smallest absolute Gasteiger partial charge is 0.410 e. The molecule has 1 aromatic carbocycles. The first-order valence-electron chi connectivity index (χ1n) is 14.2. The average molecular weight is 549 g/mol. The maximum Gasteiger partial charge on any atom is 0.410 e. The summed E-state index contributed by atoms with van der Waals surface area (Å²) in [5, 5.41) is 21.7. The molecular formula is C29H40N8O3. The first kappa shape index (κ1) is 28.0. The average Bonchev–Trinajstić information content (AvgIpc) is 3.39. The van der Waals surface area contributed by atoms with Gasteiger partial charge in [-0.3, -0.25) is 5.32 Å². The number of aromatic nitrogens is 3. The summed E-state index contributed by atoms with van der Waals surface area (Å²) in [4.78, 5) is 23.3. The van der Waals surface area contributed by atoms with Gasteiger partial charge in [-0.25, -0.2) is 9.31 Å². The number of likely N-dealkylation sites (N-methyl/N-ethyl adjacent to an activating group) is 1. The van der Waals surface area contributed by atoms with Gasteiger partial charge < -0.3 is 29.9 Å². The van der Waals surface area contributed by atoms with E-state index < -0.39 is 6.23 Å². The zero-order chi connectivity index (χ0) is 27.9. The van der Waals surface area contributed by atoms with Crippen LogP contribution in [0, 0.1) is 0 Å². The van der Waals surface area contributed by atoms with E-state index in [9.17, 15) is 9.90 Å². The lowest BCUT2D eigenvalue weighted by atomic mass is 10.0. The third-order valence-corrected chi connectivity index (χ3v) is 7.51. The number of fused-ring (bicyclic) bond motifs is 1. The van der Waals surface area contributed by atoms with Crippen molar-refractivity contribution >= 4 is 28.9 Å². The quantitative estimate of drug-likeness (QED) is 0.260. The van der Waals surface area contributed by atoms with E-state index in [0.29, 0.717) is 25.6 Å². The van der Waals surface area contributed by atoms with Crippen molar-refractivity contribution in [3.8, 4) is 0 Å². The number of pyridine rings is 1. The molecule has 1 unspecified atom stereocenters. The van der Waals surface area contributed by atoms with Crippen LogP contribution in [0.1, 0.15) is 37.1 Å². The fraction of sp³-hybridized carbons (Fsp3) is 0.483. The minimum absolute atomic E-state index is 0.277. The summed E-state index contributed by atoms with van der Waals surface area (Å²) >= 11 is 0. The number of amides is 1. The molecule has 1 atom stereocenters. The van der Waals surface area contributed by atoms with E-state index >= 15 is 0 Å². The van der Waals surface area contributed by atoms with Crippen LogP contribution in [0.4, 0.5) is 16.4 Å². The summed E-state index contributed by atoms with van der Waals surface area (Å²) < 4.78 is 6.89. The number of hydrogen-bond donors (Lipinski definition) is 3. The van der Waals surface area contributed by atoms with E-state index in [-0.39, 0.29) is 6.09 Å². The number of anilines is 2. The Kier molecular flexibility index (Phi) is 9.27. The van der Waals surface area contributed by atoms with Gasteiger partial charge in [-0.15, -0.1) is 5.10 Å². The number of ether oxygens (including phenoxy) is 1. The number of piperazine rings is 1. The molecule has 0 spiro atoms. The Morgan fingerprint density at radius 1 is 1.12 bits per heavy atom. The maximum atomic E-state index is 12.0. The Hall–Kier alpha value is -3.51. The zero-order valence-electron chi connectivity index (χ0n) is 23.4. The summed E-state index contributed by atoms with van der Waals surface area (Å²) in [6.07, 6.45) is 4.67. The van der Waals surface area contributed by atoms with Gasteiger partial charge in [-0.2, -0.15) is 4.98 Å². The summed E-state index contributed by atoms with van der Waals surface area (Å²) in [5.74, 6) is 0.493. The molecule has 1 saturated heterocycles. The number of aliphatic hydroxyl groups excluding tert-OH is 1. The van der Waals surface area contributed by atoms with E-state index in [1.165, 1.54) is 0 Å². The number of nitrogens with one attached hydrogen (secondary N) is 2. The van der Waals surface area contributed by atoms with Gasteiger partial charge in [0.05, 0.1) is 6.61 Å². The van der Waals surface area contributed by atoms with Crippen LogP contribution in [0.25, 0.3) is 11.2 Å². The van der Waals surface area contributed by atoms with Crippen molar-refractivity contribution in [2.24, 2.45) is 0 Å². The maximum absolute atomic E-state index is 12.0. The predicted octanol–water partition coefficient (Wildman–Crippen LogP) is 2.94. The standard InChI is InChI=1S/C29H40N8O3/c1-3-40-29(39)36-16-11-22(12-17-36)25-6-4-15-37-26(25)32-28(33-37)31-24-9-7-23(8-10-24)27(38)30-13-5-14-35-20-18-34(2)19-21-35/h4,6-11,15,27,30,38H,3,5,12-14,16-21H2,1-2H3,(H,31,33). The van der Waals surface area contributed by atoms with Crippen molar-refractivity contribution in [3.63, 3.8) is 0 Å². The molecule has 2 aliphatic heterocycles. The number of aliphatic hydroxyl groups is 1. The second-order valence-corrected chi connectivity index (χ2v) is 10.4. The lowest BCUT2D eigenvalue weighted by molar-refractivity contribution is 0.111. The van der Waals surface area contributed by atoms with Gasteiger partial charge >= 0.3 is 6.09 Å². The largest absolute Gasteiger partial charge is 0.450 e. The predicted molar refractivity (Wildman–Crippen MR) is 155 cm³/mol. The molecule has 1 amide bonds. The monoisotopic (exact) mass is 548 g/mol. The first-order chi connectivity index (χ1) is 19.5. The SMILES string of the molecule is CCOC(=O)N1CC=C(c2cccn3nc(Nc4ccc(C(O)NCCCN5CCN(C)CC5)cc4)nc23)CC1. The summed E-state index contributed by atoms with van der Waals surface area (Å²) in [5.41, 5.74) is 4.55. The van der Waals surface area contributed by atoms with Gasteiger partial charge in [-0.1, -0.05) is 18.2 Å². The zero-order valence-corrected chi connectivity index (χ0v) is 23.4. The van der Waals surface area contributed by atoms with Crippen molar-refractivity contribution in [1.29, 1.82) is 0 Å². The first-order valence-corrected chi connectivity index (χ1v) is 14.2. The minimum atomic E-state index is -0.707. The topological polar surface area (TPSA) is 110 Å². The minimum Gasteiger partial charge on any atom is -0.450 e. The van der Waals surface area contributed by atoms with Gasteiger partial charge in [0.2, 0.25) is 5.95 Å². The molecule has 3 aromatic rings. The van der Waals surface area contributed by atoms with Crippen molar-refractivity contribution in [2.45, 2.75) is 26.0 Å². The van der Waals surface area contributed by atoms with Crippen LogP contribution in [0.2, 0.25) is 0 Å². The molecule has 2 aliphatic rings. The van der Waals surface area contributed by atoms with E-state index in [1.54, 1.807) is 9.42 Å². The Balaban J connectivity index is 1.15. The van der Waals surface area contributed by atoms with Crippen LogP contribution < -0.4 is 10.6 Å². The highest BCUT2D eigenvalue weighted by Crippen LogP contribution is 2.27. The lowest BCUT2D eigenvalue weighted by Gasteiger charge is -2.32. The van der Waals surface area contributed by atoms with Crippen LogP contribution in [-0.2, 0) is 4.74 Å². The molecule has 0 bridgehead atoms. The molecule has 0 saturated carbocycles. The molecule has 0 radical (unpaired) electrons.